The van der Waals surface area contributed by atoms with Crippen molar-refractivity contribution < 1.29 is 9.90 Å². The highest BCUT2D eigenvalue weighted by molar-refractivity contribution is 6.68. The molecule has 0 radical (unpaired) electrons. The lowest BCUT2D eigenvalue weighted by Crippen LogP contribution is -2.19. The van der Waals surface area contributed by atoms with Crippen molar-refractivity contribution in [2.45, 2.75) is 0 Å². The summed E-state index contributed by atoms with van der Waals surface area (Å²) in [5, 5.41) is 16.7. The van der Waals surface area contributed by atoms with Gasteiger partial charge in [0.25, 0.3) is 5.24 Å². The largest absolute Gasteiger partial charge is 0.859 e. The van der Waals surface area contributed by atoms with Gasteiger partial charge in [-0.25, -0.2) is 0 Å². The van der Waals surface area contributed by atoms with Crippen LogP contribution in [0, 0.1) is 5.41 Å². The molecule has 0 saturated heterocycles. The van der Waals surface area contributed by atoms with Crippen molar-refractivity contribution in [1.29, 1.82) is 5.41 Å². The summed E-state index contributed by atoms with van der Waals surface area (Å²) in [7, 11) is 0. The zero-order valence-electron chi connectivity index (χ0n) is 6.00. The lowest BCUT2D eigenvalue weighted by atomic mass is 10.1. The molecule has 62 valence electrons. The van der Waals surface area contributed by atoms with Crippen molar-refractivity contribution >= 4 is 22.7 Å². The van der Waals surface area contributed by atoms with Gasteiger partial charge in [-0.05, 0) is 29.1 Å². The molecule has 1 aromatic carbocycles. The molecule has 0 spiro atoms. The molecular formula is C8H5ClNO2-. The van der Waals surface area contributed by atoms with E-state index in [1.807, 2.05) is 0 Å². The zero-order chi connectivity index (χ0) is 9.14. The number of carbonyl (C=O) groups is 1. The molecule has 0 unspecified atom stereocenters. The first-order valence-electron chi connectivity index (χ1n) is 3.17. The van der Waals surface area contributed by atoms with Gasteiger partial charge in [0.05, 0.1) is 0 Å². The van der Waals surface area contributed by atoms with E-state index in [9.17, 15) is 9.90 Å². The molecule has 0 aliphatic heterocycles. The van der Waals surface area contributed by atoms with Crippen molar-refractivity contribution in [3.05, 3.63) is 35.4 Å². The Kier molecular flexibility index (Phi) is 2.45. The van der Waals surface area contributed by atoms with Gasteiger partial charge in [-0.2, -0.15) is 0 Å². The Morgan fingerprint density at radius 3 is 2.17 bits per heavy atom. The number of hydrogen-bond acceptors (Lipinski definition) is 3. The molecular weight excluding hydrogens is 178 g/mol. The summed E-state index contributed by atoms with van der Waals surface area (Å²) in [5.74, 6) is -0.903. The van der Waals surface area contributed by atoms with E-state index in [4.69, 9.17) is 17.0 Å². The minimum atomic E-state index is -0.903. The number of benzene rings is 1. The highest BCUT2D eigenvalue weighted by Crippen LogP contribution is 2.10. The first-order valence-corrected chi connectivity index (χ1v) is 3.55. The lowest BCUT2D eigenvalue weighted by molar-refractivity contribution is -0.214. The summed E-state index contributed by atoms with van der Waals surface area (Å²) >= 11 is 5.18. The number of carbonyl (C=O) groups excluding carboxylic acids is 1. The van der Waals surface area contributed by atoms with E-state index in [-0.39, 0.29) is 11.1 Å². The molecule has 0 atom stereocenters. The third kappa shape index (κ3) is 1.62. The Balaban J connectivity index is 3.27. The second-order valence-corrected chi connectivity index (χ2v) is 2.49. The number of rotatable bonds is 2. The van der Waals surface area contributed by atoms with Gasteiger partial charge in [0.15, 0.2) is 0 Å². The van der Waals surface area contributed by atoms with Crippen LogP contribution >= 0.6 is 11.6 Å². The molecule has 0 bridgehead atoms. The summed E-state index contributed by atoms with van der Waals surface area (Å²) in [4.78, 5) is 10.7. The Labute approximate surface area is 74.1 Å². The average Bonchev–Trinajstić information content (AvgIpc) is 2.04. The highest BCUT2D eigenvalue weighted by atomic mass is 35.5. The minimum absolute atomic E-state index is 0.0394. The molecule has 0 aliphatic carbocycles. The maximum Gasteiger partial charge on any atom is 0.253 e. The predicted molar refractivity (Wildman–Crippen MR) is 43.5 cm³/mol. The second kappa shape index (κ2) is 3.36. The first-order chi connectivity index (χ1) is 5.63. The molecule has 0 aromatic heterocycles. The fourth-order valence-corrected chi connectivity index (χ4v) is 1.02. The van der Waals surface area contributed by atoms with E-state index in [2.05, 4.69) is 0 Å². The van der Waals surface area contributed by atoms with Gasteiger partial charge in [0, 0.05) is 5.56 Å². The molecule has 0 amide bonds. The van der Waals surface area contributed by atoms with E-state index >= 15 is 0 Å². The quantitative estimate of drug-likeness (QED) is 0.417. The molecule has 0 fully saturated rings. The van der Waals surface area contributed by atoms with Crippen LogP contribution in [0.15, 0.2) is 24.3 Å². The molecule has 0 saturated carbocycles. The van der Waals surface area contributed by atoms with Gasteiger partial charge in [0.2, 0.25) is 0 Å². The number of hydrogen-bond donors (Lipinski definition) is 1. The van der Waals surface area contributed by atoms with Crippen LogP contribution in [0.25, 0.3) is 0 Å². The fraction of sp³-hybridized carbons (Fsp3) is 0. The van der Waals surface area contributed by atoms with Crippen molar-refractivity contribution in [2.24, 2.45) is 0 Å². The number of halogens is 1. The van der Waals surface area contributed by atoms with Gasteiger partial charge in [-0.15, -0.1) is 0 Å². The monoisotopic (exact) mass is 182 g/mol. The molecule has 1 aromatic rings. The van der Waals surface area contributed by atoms with Crippen molar-refractivity contribution in [1.82, 2.24) is 0 Å². The Morgan fingerprint density at radius 2 is 1.83 bits per heavy atom. The minimum Gasteiger partial charge on any atom is -0.859 e. The van der Waals surface area contributed by atoms with Crippen molar-refractivity contribution in [3.8, 4) is 0 Å². The van der Waals surface area contributed by atoms with Crippen LogP contribution in [-0.4, -0.2) is 11.1 Å². The normalized spacial score (nSPS) is 9.42. The maximum absolute atomic E-state index is 10.7. The SMILES string of the molecule is N=C([O-])c1ccccc1C(=O)Cl. The van der Waals surface area contributed by atoms with E-state index < -0.39 is 11.1 Å². The number of nitrogens with one attached hydrogen (secondary N) is 1. The van der Waals surface area contributed by atoms with Gasteiger partial charge in [-0.1, -0.05) is 18.2 Å². The van der Waals surface area contributed by atoms with Crippen LogP contribution in [0.5, 0.6) is 0 Å². The van der Waals surface area contributed by atoms with Crippen LogP contribution in [0.1, 0.15) is 15.9 Å². The lowest BCUT2D eigenvalue weighted by Gasteiger charge is -2.09. The average molecular weight is 183 g/mol. The first kappa shape index (κ1) is 8.74. The molecule has 1 rings (SSSR count). The Bertz CT molecular complexity index is 303. The summed E-state index contributed by atoms with van der Waals surface area (Å²) < 4.78 is 0. The van der Waals surface area contributed by atoms with Gasteiger partial charge < -0.3 is 10.5 Å². The van der Waals surface area contributed by atoms with Gasteiger partial charge in [-0.3, -0.25) is 4.79 Å². The molecule has 3 nitrogen and oxygen atoms in total. The highest BCUT2D eigenvalue weighted by Gasteiger charge is 2.06. The van der Waals surface area contributed by atoms with Crippen LogP contribution in [-0.2, 0) is 0 Å². The fourth-order valence-electron chi connectivity index (χ4n) is 0.853. The van der Waals surface area contributed by atoms with E-state index in [1.165, 1.54) is 12.1 Å². The standard InChI is InChI=1S/C8H6ClNO2/c9-7(11)5-3-1-2-4-6(5)8(10)12/h1-4H,(H2,10,12)/p-1. The zero-order valence-corrected chi connectivity index (χ0v) is 6.76. The summed E-state index contributed by atoms with van der Waals surface area (Å²) in [5.41, 5.74) is 0.122. The summed E-state index contributed by atoms with van der Waals surface area (Å²) in [6, 6.07) is 5.97. The van der Waals surface area contributed by atoms with Crippen LogP contribution in [0.4, 0.5) is 0 Å². The molecule has 12 heavy (non-hydrogen) atoms. The summed E-state index contributed by atoms with van der Waals surface area (Å²) in [6.45, 7) is 0. The van der Waals surface area contributed by atoms with Crippen molar-refractivity contribution in [2.75, 3.05) is 0 Å². The third-order valence-corrected chi connectivity index (χ3v) is 1.59. The Hall–Kier alpha value is -1.35. The molecule has 4 heteroatoms. The Morgan fingerprint density at radius 1 is 1.33 bits per heavy atom. The smallest absolute Gasteiger partial charge is 0.253 e. The molecule has 1 N–H and O–H groups in total. The van der Waals surface area contributed by atoms with Crippen molar-refractivity contribution in [3.63, 3.8) is 0 Å². The molecule has 0 heterocycles. The topological polar surface area (TPSA) is 64.0 Å². The van der Waals surface area contributed by atoms with Gasteiger partial charge in [0.1, 0.15) is 0 Å². The van der Waals surface area contributed by atoms with Crippen LogP contribution in [0.2, 0.25) is 0 Å². The van der Waals surface area contributed by atoms with E-state index in [0.29, 0.717) is 0 Å². The van der Waals surface area contributed by atoms with Crippen LogP contribution in [0.3, 0.4) is 0 Å². The third-order valence-electron chi connectivity index (χ3n) is 1.38. The summed E-state index contributed by atoms with van der Waals surface area (Å²) in [6.07, 6.45) is 0. The maximum atomic E-state index is 10.7. The predicted octanol–water partition coefficient (Wildman–Crippen LogP) is 0.751. The van der Waals surface area contributed by atoms with E-state index in [1.54, 1.807) is 12.1 Å². The van der Waals surface area contributed by atoms with E-state index in [0.717, 1.165) is 0 Å². The second-order valence-electron chi connectivity index (χ2n) is 2.15. The van der Waals surface area contributed by atoms with Gasteiger partial charge >= 0.3 is 0 Å². The molecule has 0 aliphatic rings. The van der Waals surface area contributed by atoms with Crippen LogP contribution < -0.4 is 5.11 Å².